The first-order chi connectivity index (χ1) is 13.4. The topological polar surface area (TPSA) is 52.6 Å². The first-order valence-electron chi connectivity index (χ1n) is 11.5. The summed E-state index contributed by atoms with van der Waals surface area (Å²) in [5.74, 6) is 3.95. The summed E-state index contributed by atoms with van der Waals surface area (Å²) in [5.41, 5.74) is -0.473. The van der Waals surface area contributed by atoms with Gasteiger partial charge in [-0.3, -0.25) is 4.79 Å². The molecule has 0 aromatic rings. The molecule has 0 aliphatic heterocycles. The highest BCUT2D eigenvalue weighted by atomic mass is 16.6. The highest BCUT2D eigenvalue weighted by Gasteiger charge is 2.62. The first-order valence-corrected chi connectivity index (χ1v) is 11.5. The van der Waals surface area contributed by atoms with Crippen LogP contribution in [0.15, 0.2) is 12.2 Å². The highest BCUT2D eigenvalue weighted by Crippen LogP contribution is 2.67. The molecule has 7 unspecified atom stereocenters. The molecule has 5 aliphatic rings. The smallest absolute Gasteiger partial charge is 0.344 e. The van der Waals surface area contributed by atoms with E-state index in [4.69, 9.17) is 9.47 Å². The minimum atomic E-state index is -0.473. The molecule has 0 aromatic heterocycles. The molecule has 154 valence electrons. The van der Waals surface area contributed by atoms with Gasteiger partial charge >= 0.3 is 11.9 Å². The molecule has 5 aliphatic carbocycles. The summed E-state index contributed by atoms with van der Waals surface area (Å²) in [5, 5.41) is 0. The van der Waals surface area contributed by atoms with Gasteiger partial charge < -0.3 is 9.47 Å². The third-order valence-electron chi connectivity index (χ3n) is 8.87. The van der Waals surface area contributed by atoms with Crippen LogP contribution >= 0.6 is 0 Å². The maximum absolute atomic E-state index is 12.8. The zero-order chi connectivity index (χ0) is 19.5. The molecule has 0 aromatic carbocycles. The molecule has 0 saturated heterocycles. The average molecular weight is 387 g/mol. The molecule has 0 spiro atoms. The molecule has 0 heterocycles. The number of esters is 2. The van der Waals surface area contributed by atoms with Crippen molar-refractivity contribution in [3.05, 3.63) is 12.2 Å². The molecule has 0 amide bonds. The predicted molar refractivity (Wildman–Crippen MR) is 105 cm³/mol. The first kappa shape index (κ1) is 18.7. The molecule has 28 heavy (non-hydrogen) atoms. The molecule has 0 radical (unpaired) electrons. The number of allylic oxidation sites excluding steroid dienone is 2. The lowest BCUT2D eigenvalue weighted by molar-refractivity contribution is -0.175. The zero-order valence-electron chi connectivity index (χ0n) is 17.3. The molecule has 4 bridgehead atoms. The van der Waals surface area contributed by atoms with Crippen LogP contribution in [-0.4, -0.2) is 24.1 Å². The zero-order valence-corrected chi connectivity index (χ0v) is 17.3. The van der Waals surface area contributed by atoms with E-state index in [1.165, 1.54) is 32.1 Å². The third kappa shape index (κ3) is 3.02. The van der Waals surface area contributed by atoms with Gasteiger partial charge in [-0.05, 0) is 87.4 Å². The van der Waals surface area contributed by atoms with Crippen molar-refractivity contribution < 1.29 is 19.1 Å². The summed E-state index contributed by atoms with van der Waals surface area (Å²) in [4.78, 5) is 25.1. The Labute approximate surface area is 168 Å². The van der Waals surface area contributed by atoms with Crippen molar-refractivity contribution in [1.82, 2.24) is 0 Å². The Bertz CT molecular complexity index is 674. The van der Waals surface area contributed by atoms with Gasteiger partial charge in [0.1, 0.15) is 5.60 Å². The van der Waals surface area contributed by atoms with Crippen molar-refractivity contribution in [2.75, 3.05) is 6.61 Å². The van der Waals surface area contributed by atoms with E-state index in [2.05, 4.69) is 12.2 Å². The van der Waals surface area contributed by atoms with Crippen LogP contribution < -0.4 is 0 Å². The van der Waals surface area contributed by atoms with Crippen LogP contribution in [0.1, 0.15) is 65.2 Å². The molecule has 4 saturated carbocycles. The van der Waals surface area contributed by atoms with Crippen LogP contribution in [-0.2, 0) is 19.1 Å². The summed E-state index contributed by atoms with van der Waals surface area (Å²) in [6.07, 6.45) is 14.2. The minimum Gasteiger partial charge on any atom is -0.457 e. The summed E-state index contributed by atoms with van der Waals surface area (Å²) >= 11 is 0. The minimum absolute atomic E-state index is 0.00171. The van der Waals surface area contributed by atoms with Gasteiger partial charge in [0.2, 0.25) is 0 Å². The Hall–Kier alpha value is -1.32. The highest BCUT2D eigenvalue weighted by molar-refractivity contribution is 5.78. The molecule has 0 N–H and O–H groups in total. The molecule has 5 rings (SSSR count). The van der Waals surface area contributed by atoms with E-state index in [1.807, 2.05) is 13.8 Å². The Morgan fingerprint density at radius 3 is 2.43 bits per heavy atom. The number of hydrogen-bond donors (Lipinski definition) is 0. The monoisotopic (exact) mass is 386 g/mol. The second-order valence-electron chi connectivity index (χ2n) is 10.6. The molecular weight excluding hydrogens is 352 g/mol. The van der Waals surface area contributed by atoms with Crippen LogP contribution in [0, 0.1) is 47.3 Å². The lowest BCUT2D eigenvalue weighted by Crippen LogP contribution is -2.40. The SMILES string of the molecule is CC(C)(OC(=O)COC(=O)C1CC2CC1C1C3C=CC(C3)C21)C1CCCCC1. The van der Waals surface area contributed by atoms with Gasteiger partial charge in [-0.1, -0.05) is 31.4 Å². The van der Waals surface area contributed by atoms with E-state index in [-0.39, 0.29) is 18.5 Å². The number of hydrogen-bond acceptors (Lipinski definition) is 4. The van der Waals surface area contributed by atoms with Crippen molar-refractivity contribution in [3.8, 4) is 0 Å². The van der Waals surface area contributed by atoms with Gasteiger partial charge in [0.15, 0.2) is 6.61 Å². The fraction of sp³-hybridized carbons (Fsp3) is 0.833. The van der Waals surface area contributed by atoms with Crippen LogP contribution in [0.25, 0.3) is 0 Å². The average Bonchev–Trinajstić information content (AvgIpc) is 3.45. The second kappa shape index (κ2) is 6.88. The second-order valence-corrected chi connectivity index (χ2v) is 10.6. The van der Waals surface area contributed by atoms with Gasteiger partial charge in [-0.25, -0.2) is 4.79 Å². The van der Waals surface area contributed by atoms with Gasteiger partial charge in [0.05, 0.1) is 5.92 Å². The number of ether oxygens (including phenoxy) is 2. The van der Waals surface area contributed by atoms with E-state index in [9.17, 15) is 9.59 Å². The third-order valence-corrected chi connectivity index (χ3v) is 8.87. The molecule has 7 atom stereocenters. The fourth-order valence-electron chi connectivity index (χ4n) is 7.73. The van der Waals surface area contributed by atoms with Gasteiger partial charge in [0, 0.05) is 0 Å². The largest absolute Gasteiger partial charge is 0.457 e. The fourth-order valence-corrected chi connectivity index (χ4v) is 7.73. The predicted octanol–water partition coefficient (Wildman–Crippen LogP) is 4.53. The van der Waals surface area contributed by atoms with Crippen molar-refractivity contribution in [1.29, 1.82) is 0 Å². The lowest BCUT2D eigenvalue weighted by atomic mass is 9.69. The normalized spacial score (nSPS) is 41.3. The standard InChI is InChI=1S/C24H34O4/c1-24(2,17-6-4-3-5-7-17)28-20(25)13-27-23(26)19-12-16-11-18(19)22-15-9-8-14(10-15)21(16)22/h8-9,14-19,21-22H,3-7,10-13H2,1-2H3. The number of fused-ring (bicyclic) bond motifs is 9. The summed E-state index contributed by atoms with van der Waals surface area (Å²) < 4.78 is 11.2. The van der Waals surface area contributed by atoms with Crippen LogP contribution in [0.3, 0.4) is 0 Å². The Kier molecular flexibility index (Phi) is 4.59. The van der Waals surface area contributed by atoms with E-state index >= 15 is 0 Å². The lowest BCUT2D eigenvalue weighted by Gasteiger charge is -2.36. The quantitative estimate of drug-likeness (QED) is 0.396. The van der Waals surface area contributed by atoms with Crippen LogP contribution in [0.5, 0.6) is 0 Å². The Morgan fingerprint density at radius 2 is 1.68 bits per heavy atom. The number of carbonyl (C=O) groups excluding carboxylic acids is 2. The van der Waals surface area contributed by atoms with E-state index in [0.717, 1.165) is 31.1 Å². The Morgan fingerprint density at radius 1 is 0.964 bits per heavy atom. The molecule has 4 heteroatoms. The van der Waals surface area contributed by atoms with Crippen molar-refractivity contribution >= 4 is 11.9 Å². The molecular formula is C24H34O4. The Balaban J connectivity index is 1.13. The maximum atomic E-state index is 12.8. The van der Waals surface area contributed by atoms with Crippen LogP contribution in [0.4, 0.5) is 0 Å². The summed E-state index contributed by atoms with van der Waals surface area (Å²) in [7, 11) is 0. The summed E-state index contributed by atoms with van der Waals surface area (Å²) in [6.45, 7) is 3.77. The van der Waals surface area contributed by atoms with Crippen molar-refractivity contribution in [3.63, 3.8) is 0 Å². The van der Waals surface area contributed by atoms with Crippen LogP contribution in [0.2, 0.25) is 0 Å². The van der Waals surface area contributed by atoms with E-state index in [1.54, 1.807) is 0 Å². The van der Waals surface area contributed by atoms with Crippen molar-refractivity contribution in [2.45, 2.75) is 70.8 Å². The number of carbonyl (C=O) groups is 2. The van der Waals surface area contributed by atoms with Gasteiger partial charge in [-0.2, -0.15) is 0 Å². The molecule has 4 fully saturated rings. The molecule has 4 nitrogen and oxygen atoms in total. The van der Waals surface area contributed by atoms with E-state index in [0.29, 0.717) is 29.6 Å². The number of rotatable bonds is 5. The van der Waals surface area contributed by atoms with Crippen molar-refractivity contribution in [2.24, 2.45) is 47.3 Å². The maximum Gasteiger partial charge on any atom is 0.344 e. The summed E-state index contributed by atoms with van der Waals surface area (Å²) in [6, 6.07) is 0. The van der Waals surface area contributed by atoms with Gasteiger partial charge in [-0.15, -0.1) is 0 Å². The van der Waals surface area contributed by atoms with Gasteiger partial charge in [0.25, 0.3) is 0 Å². The van der Waals surface area contributed by atoms with E-state index < -0.39 is 11.6 Å².